The molecule has 2 unspecified atom stereocenters. The molecule has 2 saturated heterocycles. The number of likely N-dealkylation sites (tertiary alicyclic amines) is 1. The van der Waals surface area contributed by atoms with Crippen LogP contribution in [0.4, 0.5) is 0 Å². The fourth-order valence-electron chi connectivity index (χ4n) is 1.70. The van der Waals surface area contributed by atoms with Crippen molar-refractivity contribution in [3.05, 3.63) is 0 Å². The molecule has 0 aromatic rings. The molecule has 0 amide bonds. The van der Waals surface area contributed by atoms with Gasteiger partial charge < -0.3 is 15.4 Å². The zero-order valence-electron chi connectivity index (χ0n) is 6.83. The van der Waals surface area contributed by atoms with E-state index in [0.717, 1.165) is 19.8 Å². The van der Waals surface area contributed by atoms with Crippen molar-refractivity contribution in [2.24, 2.45) is 11.7 Å². The highest BCUT2D eigenvalue weighted by Gasteiger charge is 2.28. The highest BCUT2D eigenvalue weighted by molar-refractivity contribution is 4.82. The molecule has 0 spiro atoms. The highest BCUT2D eigenvalue weighted by atomic mass is 16.5. The van der Waals surface area contributed by atoms with Crippen LogP contribution in [0, 0.1) is 5.92 Å². The Labute approximate surface area is 67.5 Å². The molecule has 3 nitrogen and oxygen atoms in total. The van der Waals surface area contributed by atoms with Gasteiger partial charge in [0.05, 0.1) is 13.2 Å². The molecule has 2 aliphatic rings. The average Bonchev–Trinajstić information content (AvgIpc) is 2.27. The zero-order valence-corrected chi connectivity index (χ0v) is 6.83. The van der Waals surface area contributed by atoms with Crippen LogP contribution < -0.4 is 5.73 Å². The molecule has 0 aromatic carbocycles. The van der Waals surface area contributed by atoms with Crippen molar-refractivity contribution in [3.8, 4) is 0 Å². The summed E-state index contributed by atoms with van der Waals surface area (Å²) in [7, 11) is 0. The maximum Gasteiger partial charge on any atom is 0.0621 e. The molecule has 2 aliphatic heterocycles. The highest BCUT2D eigenvalue weighted by Crippen LogP contribution is 2.16. The molecule has 0 radical (unpaired) electrons. The number of hydrogen-bond donors (Lipinski definition) is 1. The molecule has 2 N–H and O–H groups in total. The maximum atomic E-state index is 5.85. The largest absolute Gasteiger partial charge is 0.379 e. The van der Waals surface area contributed by atoms with Gasteiger partial charge in [-0.15, -0.1) is 0 Å². The Bertz CT molecular complexity index is 136. The van der Waals surface area contributed by atoms with Crippen LogP contribution in [0.15, 0.2) is 0 Å². The summed E-state index contributed by atoms with van der Waals surface area (Å²) in [5, 5.41) is 0. The lowest BCUT2D eigenvalue weighted by atomic mass is 10.0. The Morgan fingerprint density at radius 1 is 1.36 bits per heavy atom. The van der Waals surface area contributed by atoms with E-state index in [1.54, 1.807) is 0 Å². The summed E-state index contributed by atoms with van der Waals surface area (Å²) in [5.74, 6) is 0.593. The first-order valence-electron chi connectivity index (χ1n) is 4.42. The van der Waals surface area contributed by atoms with Crippen LogP contribution in [0.25, 0.3) is 0 Å². The summed E-state index contributed by atoms with van der Waals surface area (Å²) < 4.78 is 5.29. The third-order valence-electron chi connectivity index (χ3n) is 2.69. The predicted octanol–water partition coefficient (Wildman–Crippen LogP) is -0.334. The zero-order chi connectivity index (χ0) is 7.68. The molecule has 2 fully saturated rings. The Morgan fingerprint density at radius 3 is 2.64 bits per heavy atom. The fraction of sp³-hybridized carbons (Fsp3) is 1.00. The van der Waals surface area contributed by atoms with Crippen LogP contribution in [0.5, 0.6) is 0 Å². The van der Waals surface area contributed by atoms with Crippen molar-refractivity contribution in [3.63, 3.8) is 0 Å². The molecule has 2 rings (SSSR count). The third kappa shape index (κ3) is 1.55. The lowest BCUT2D eigenvalue weighted by Crippen LogP contribution is -2.44. The van der Waals surface area contributed by atoms with E-state index in [0.29, 0.717) is 5.92 Å². The Kier molecular flexibility index (Phi) is 2.11. The van der Waals surface area contributed by atoms with Crippen molar-refractivity contribution < 1.29 is 4.74 Å². The first-order valence-corrected chi connectivity index (χ1v) is 4.42. The number of nitrogens with zero attached hydrogens (tertiary/aromatic N) is 1. The molecule has 0 saturated carbocycles. The molecule has 0 bridgehead atoms. The van der Waals surface area contributed by atoms with E-state index in [1.807, 2.05) is 0 Å². The van der Waals surface area contributed by atoms with E-state index in [4.69, 9.17) is 10.5 Å². The van der Waals surface area contributed by atoms with Crippen LogP contribution in [-0.2, 0) is 4.74 Å². The van der Waals surface area contributed by atoms with Gasteiger partial charge in [0.15, 0.2) is 0 Å². The SMILES string of the molecule is NC1COCC1CN1CCC1. The topological polar surface area (TPSA) is 38.5 Å². The molecule has 2 atom stereocenters. The predicted molar refractivity (Wildman–Crippen MR) is 43.3 cm³/mol. The minimum atomic E-state index is 0.288. The lowest BCUT2D eigenvalue weighted by molar-refractivity contribution is 0.132. The molecular formula is C8H16N2O. The molecule has 2 heterocycles. The summed E-state index contributed by atoms with van der Waals surface area (Å²) in [6.45, 7) is 5.32. The second-order valence-electron chi connectivity index (χ2n) is 3.62. The van der Waals surface area contributed by atoms with E-state index < -0.39 is 0 Å². The molecular weight excluding hydrogens is 140 g/mol. The van der Waals surface area contributed by atoms with Crippen LogP contribution in [-0.4, -0.2) is 43.8 Å². The monoisotopic (exact) mass is 156 g/mol. The van der Waals surface area contributed by atoms with Gasteiger partial charge in [-0.3, -0.25) is 0 Å². The average molecular weight is 156 g/mol. The van der Waals surface area contributed by atoms with E-state index in [2.05, 4.69) is 4.90 Å². The van der Waals surface area contributed by atoms with Crippen molar-refractivity contribution in [2.75, 3.05) is 32.8 Å². The second kappa shape index (κ2) is 3.09. The number of ether oxygens (including phenoxy) is 1. The van der Waals surface area contributed by atoms with Gasteiger partial charge in [-0.1, -0.05) is 0 Å². The number of rotatable bonds is 2. The van der Waals surface area contributed by atoms with Gasteiger partial charge >= 0.3 is 0 Å². The van der Waals surface area contributed by atoms with E-state index in [-0.39, 0.29) is 6.04 Å². The molecule has 64 valence electrons. The van der Waals surface area contributed by atoms with Crippen LogP contribution in [0.1, 0.15) is 6.42 Å². The van der Waals surface area contributed by atoms with Gasteiger partial charge in [-0.25, -0.2) is 0 Å². The summed E-state index contributed by atoms with van der Waals surface area (Å²) in [4.78, 5) is 2.46. The first kappa shape index (κ1) is 7.53. The minimum absolute atomic E-state index is 0.288. The van der Waals surface area contributed by atoms with Crippen LogP contribution in [0.3, 0.4) is 0 Å². The number of hydrogen-bond acceptors (Lipinski definition) is 3. The summed E-state index contributed by atoms with van der Waals surface area (Å²) in [6, 6.07) is 0.288. The van der Waals surface area contributed by atoms with Crippen molar-refractivity contribution >= 4 is 0 Å². The van der Waals surface area contributed by atoms with Crippen LogP contribution >= 0.6 is 0 Å². The second-order valence-corrected chi connectivity index (χ2v) is 3.62. The van der Waals surface area contributed by atoms with Gasteiger partial charge in [-0.2, -0.15) is 0 Å². The smallest absolute Gasteiger partial charge is 0.0621 e. The van der Waals surface area contributed by atoms with E-state index in [9.17, 15) is 0 Å². The summed E-state index contributed by atoms with van der Waals surface area (Å²) >= 11 is 0. The lowest BCUT2D eigenvalue weighted by Gasteiger charge is -2.33. The molecule has 0 aromatic heterocycles. The standard InChI is InChI=1S/C8H16N2O/c9-8-6-11-5-7(8)4-10-2-1-3-10/h7-8H,1-6,9H2. The van der Waals surface area contributed by atoms with Gasteiger partial charge in [0.25, 0.3) is 0 Å². The van der Waals surface area contributed by atoms with E-state index >= 15 is 0 Å². The number of nitrogens with two attached hydrogens (primary N) is 1. The molecule has 11 heavy (non-hydrogen) atoms. The maximum absolute atomic E-state index is 5.85. The molecule has 3 heteroatoms. The molecule has 0 aliphatic carbocycles. The Morgan fingerprint density at radius 2 is 2.18 bits per heavy atom. The third-order valence-corrected chi connectivity index (χ3v) is 2.69. The van der Waals surface area contributed by atoms with Crippen LogP contribution in [0.2, 0.25) is 0 Å². The van der Waals surface area contributed by atoms with Crippen molar-refractivity contribution in [1.82, 2.24) is 4.90 Å². The fourth-order valence-corrected chi connectivity index (χ4v) is 1.70. The Hall–Kier alpha value is -0.120. The Balaban J connectivity index is 1.75. The first-order chi connectivity index (χ1) is 5.36. The van der Waals surface area contributed by atoms with Gasteiger partial charge in [0.2, 0.25) is 0 Å². The van der Waals surface area contributed by atoms with Gasteiger partial charge in [0.1, 0.15) is 0 Å². The van der Waals surface area contributed by atoms with Gasteiger partial charge in [0, 0.05) is 18.5 Å². The summed E-state index contributed by atoms with van der Waals surface area (Å²) in [6.07, 6.45) is 1.36. The van der Waals surface area contributed by atoms with Gasteiger partial charge in [-0.05, 0) is 19.5 Å². The van der Waals surface area contributed by atoms with Crippen molar-refractivity contribution in [1.29, 1.82) is 0 Å². The normalized spacial score (nSPS) is 39.0. The summed E-state index contributed by atoms with van der Waals surface area (Å²) in [5.41, 5.74) is 5.85. The van der Waals surface area contributed by atoms with E-state index in [1.165, 1.54) is 19.5 Å². The van der Waals surface area contributed by atoms with Crippen molar-refractivity contribution in [2.45, 2.75) is 12.5 Å². The minimum Gasteiger partial charge on any atom is -0.379 e. The quantitative estimate of drug-likeness (QED) is 0.595.